The summed E-state index contributed by atoms with van der Waals surface area (Å²) in [6.07, 6.45) is 4.84. The molecular weight excluding hydrogens is 220 g/mol. The summed E-state index contributed by atoms with van der Waals surface area (Å²) in [5, 5.41) is 7.26. The zero-order valence-electron chi connectivity index (χ0n) is 9.65. The summed E-state index contributed by atoms with van der Waals surface area (Å²) in [4.78, 5) is 2.61. The van der Waals surface area contributed by atoms with Crippen molar-refractivity contribution in [2.75, 3.05) is 13.1 Å². The van der Waals surface area contributed by atoms with Gasteiger partial charge in [0.25, 0.3) is 0 Å². The number of aromatic nitrogens is 3. The molecule has 0 saturated carbocycles. The molecule has 0 aromatic carbocycles. The molecule has 1 aromatic heterocycles. The highest BCUT2D eigenvalue weighted by Crippen LogP contribution is 2.36. The van der Waals surface area contributed by atoms with Crippen LogP contribution >= 0.6 is 12.2 Å². The summed E-state index contributed by atoms with van der Waals surface area (Å²) < 4.78 is 3.07. The molecule has 1 N–H and O–H groups in total. The van der Waals surface area contributed by atoms with Crippen molar-refractivity contribution in [2.24, 2.45) is 0 Å². The van der Waals surface area contributed by atoms with Crippen molar-refractivity contribution in [3.05, 3.63) is 10.6 Å². The van der Waals surface area contributed by atoms with Gasteiger partial charge in [0.15, 0.2) is 4.77 Å². The Morgan fingerprint density at radius 3 is 3.06 bits per heavy atom. The Morgan fingerprint density at radius 2 is 2.25 bits per heavy atom. The zero-order chi connectivity index (χ0) is 11.1. The SMILES string of the molecule is CCc1n[nH]c(=S)n1C1CCN2CCCC12. The highest BCUT2D eigenvalue weighted by molar-refractivity contribution is 7.71. The van der Waals surface area contributed by atoms with Gasteiger partial charge in [-0.05, 0) is 38.0 Å². The second kappa shape index (κ2) is 3.96. The topological polar surface area (TPSA) is 36.9 Å². The molecule has 2 aliphatic rings. The number of aryl methyl sites for hydroxylation is 1. The van der Waals surface area contributed by atoms with Crippen molar-refractivity contribution in [3.63, 3.8) is 0 Å². The summed E-state index contributed by atoms with van der Waals surface area (Å²) in [5.41, 5.74) is 0. The molecule has 2 fully saturated rings. The fraction of sp³-hybridized carbons (Fsp3) is 0.818. The molecule has 5 heteroatoms. The lowest BCUT2D eigenvalue weighted by Crippen LogP contribution is -2.28. The van der Waals surface area contributed by atoms with E-state index in [0.29, 0.717) is 12.1 Å². The zero-order valence-corrected chi connectivity index (χ0v) is 10.5. The molecule has 16 heavy (non-hydrogen) atoms. The molecule has 1 aromatic rings. The largest absolute Gasteiger partial charge is 0.299 e. The number of rotatable bonds is 2. The van der Waals surface area contributed by atoms with Crippen molar-refractivity contribution in [3.8, 4) is 0 Å². The second-order valence-electron chi connectivity index (χ2n) is 4.77. The Morgan fingerprint density at radius 1 is 1.38 bits per heavy atom. The van der Waals surface area contributed by atoms with Gasteiger partial charge in [-0.25, -0.2) is 0 Å². The summed E-state index contributed by atoms with van der Waals surface area (Å²) in [6, 6.07) is 1.26. The van der Waals surface area contributed by atoms with E-state index in [1.807, 2.05) is 0 Å². The quantitative estimate of drug-likeness (QED) is 0.800. The molecule has 2 unspecified atom stereocenters. The minimum absolute atomic E-state index is 0.559. The summed E-state index contributed by atoms with van der Waals surface area (Å²) in [7, 11) is 0. The summed E-state index contributed by atoms with van der Waals surface area (Å²) in [5.74, 6) is 1.11. The molecule has 4 nitrogen and oxygen atoms in total. The first-order valence-corrected chi connectivity index (χ1v) is 6.62. The predicted octanol–water partition coefficient (Wildman–Crippen LogP) is 1.91. The average molecular weight is 238 g/mol. The molecule has 0 aliphatic carbocycles. The van der Waals surface area contributed by atoms with E-state index in [4.69, 9.17) is 12.2 Å². The van der Waals surface area contributed by atoms with E-state index in [2.05, 4.69) is 26.6 Å². The van der Waals surface area contributed by atoms with Gasteiger partial charge in [0.1, 0.15) is 5.82 Å². The monoisotopic (exact) mass is 238 g/mol. The number of aromatic amines is 1. The van der Waals surface area contributed by atoms with Crippen molar-refractivity contribution < 1.29 is 0 Å². The minimum atomic E-state index is 0.559. The maximum Gasteiger partial charge on any atom is 0.195 e. The first-order chi connectivity index (χ1) is 7.81. The first-order valence-electron chi connectivity index (χ1n) is 6.21. The smallest absolute Gasteiger partial charge is 0.195 e. The van der Waals surface area contributed by atoms with Crippen molar-refractivity contribution in [1.82, 2.24) is 19.7 Å². The van der Waals surface area contributed by atoms with E-state index in [-0.39, 0.29) is 0 Å². The average Bonchev–Trinajstić information content (AvgIpc) is 2.92. The van der Waals surface area contributed by atoms with Crippen LogP contribution in [0.25, 0.3) is 0 Å². The van der Waals surface area contributed by atoms with Gasteiger partial charge < -0.3 is 0 Å². The Hall–Kier alpha value is -0.680. The number of hydrogen-bond donors (Lipinski definition) is 1. The Kier molecular flexibility index (Phi) is 2.59. The molecule has 88 valence electrons. The van der Waals surface area contributed by atoms with Crippen LogP contribution in [0, 0.1) is 4.77 Å². The predicted molar refractivity (Wildman–Crippen MR) is 65.0 cm³/mol. The fourth-order valence-electron chi connectivity index (χ4n) is 3.29. The molecule has 2 saturated heterocycles. The number of fused-ring (bicyclic) bond motifs is 1. The molecule has 3 heterocycles. The maximum absolute atomic E-state index is 5.36. The van der Waals surface area contributed by atoms with Crippen LogP contribution in [0.3, 0.4) is 0 Å². The number of nitrogens with zero attached hydrogens (tertiary/aromatic N) is 3. The molecule has 0 spiro atoms. The van der Waals surface area contributed by atoms with Gasteiger partial charge in [0.2, 0.25) is 0 Å². The van der Waals surface area contributed by atoms with Crippen LogP contribution in [0.15, 0.2) is 0 Å². The molecule has 0 bridgehead atoms. The van der Waals surface area contributed by atoms with Gasteiger partial charge in [0.05, 0.1) is 6.04 Å². The van der Waals surface area contributed by atoms with E-state index >= 15 is 0 Å². The Balaban J connectivity index is 1.97. The van der Waals surface area contributed by atoms with Crippen LogP contribution in [0.2, 0.25) is 0 Å². The Bertz CT molecular complexity index is 435. The normalized spacial score (nSPS) is 29.8. The van der Waals surface area contributed by atoms with Gasteiger partial charge in [0, 0.05) is 19.0 Å². The highest BCUT2D eigenvalue weighted by Gasteiger charge is 2.39. The molecule has 0 amide bonds. The lowest BCUT2D eigenvalue weighted by atomic mass is 10.1. The van der Waals surface area contributed by atoms with E-state index in [9.17, 15) is 0 Å². The van der Waals surface area contributed by atoms with Crippen molar-refractivity contribution in [2.45, 2.75) is 44.7 Å². The third-order valence-corrected chi connectivity index (χ3v) is 4.28. The van der Waals surface area contributed by atoms with E-state index in [1.54, 1.807) is 0 Å². The third-order valence-electron chi connectivity index (χ3n) is 4.00. The Labute approximate surface area is 101 Å². The fourth-order valence-corrected chi connectivity index (χ4v) is 3.57. The third kappa shape index (κ3) is 1.45. The number of hydrogen-bond acceptors (Lipinski definition) is 3. The summed E-state index contributed by atoms with van der Waals surface area (Å²) in [6.45, 7) is 4.64. The van der Waals surface area contributed by atoms with Gasteiger partial charge >= 0.3 is 0 Å². The number of nitrogens with one attached hydrogen (secondary N) is 1. The van der Waals surface area contributed by atoms with Gasteiger partial charge in [-0.15, -0.1) is 0 Å². The molecule has 0 radical (unpaired) electrons. The standard InChI is InChI=1S/C11H18N4S/c1-2-10-12-13-11(16)15(10)9-5-7-14-6-3-4-8(9)14/h8-9H,2-7H2,1H3,(H,13,16). The van der Waals surface area contributed by atoms with Crippen LogP contribution in [-0.2, 0) is 6.42 Å². The molecule has 3 rings (SSSR count). The van der Waals surface area contributed by atoms with Crippen LogP contribution in [0.1, 0.15) is 38.1 Å². The highest BCUT2D eigenvalue weighted by atomic mass is 32.1. The van der Waals surface area contributed by atoms with Crippen LogP contribution < -0.4 is 0 Å². The van der Waals surface area contributed by atoms with Crippen LogP contribution in [0.4, 0.5) is 0 Å². The van der Waals surface area contributed by atoms with Crippen molar-refractivity contribution >= 4 is 12.2 Å². The van der Waals surface area contributed by atoms with Crippen molar-refractivity contribution in [1.29, 1.82) is 0 Å². The second-order valence-corrected chi connectivity index (χ2v) is 5.16. The molecular formula is C11H18N4S. The lowest BCUT2D eigenvalue weighted by molar-refractivity contribution is 0.287. The van der Waals surface area contributed by atoms with Crippen LogP contribution in [-0.4, -0.2) is 38.8 Å². The van der Waals surface area contributed by atoms with Gasteiger partial charge in [-0.3, -0.25) is 14.6 Å². The van der Waals surface area contributed by atoms with E-state index in [1.165, 1.54) is 32.4 Å². The van der Waals surface area contributed by atoms with E-state index < -0.39 is 0 Å². The maximum atomic E-state index is 5.36. The molecule has 2 atom stereocenters. The van der Waals surface area contributed by atoms with Gasteiger partial charge in [-0.1, -0.05) is 6.92 Å². The summed E-state index contributed by atoms with van der Waals surface area (Å²) >= 11 is 5.36. The lowest BCUT2D eigenvalue weighted by Gasteiger charge is -2.22. The minimum Gasteiger partial charge on any atom is -0.299 e. The molecule has 2 aliphatic heterocycles. The van der Waals surface area contributed by atoms with E-state index in [0.717, 1.165) is 17.0 Å². The van der Waals surface area contributed by atoms with Gasteiger partial charge in [-0.2, -0.15) is 5.10 Å². The van der Waals surface area contributed by atoms with Crippen LogP contribution in [0.5, 0.6) is 0 Å². The number of H-pyrrole nitrogens is 1. The first kappa shape index (κ1) is 10.5.